The summed E-state index contributed by atoms with van der Waals surface area (Å²) in [6.07, 6.45) is 2.68. The number of hydrogen-bond donors (Lipinski definition) is 2. The molecular formula is C17H24BNO5S. The number of carbonyl (C=O) groups excluding carboxylic acids is 2. The van der Waals surface area contributed by atoms with Gasteiger partial charge in [0.2, 0.25) is 5.91 Å². The number of carbonyl (C=O) groups is 2. The molecule has 136 valence electrons. The highest BCUT2D eigenvalue weighted by molar-refractivity contribution is 8.01. The van der Waals surface area contributed by atoms with Gasteiger partial charge in [-0.25, -0.2) is 0 Å². The van der Waals surface area contributed by atoms with Crippen LogP contribution in [0.3, 0.4) is 0 Å². The van der Waals surface area contributed by atoms with Crippen LogP contribution in [0.4, 0.5) is 5.69 Å². The highest BCUT2D eigenvalue weighted by Gasteiger charge is 2.34. The Morgan fingerprint density at radius 3 is 2.76 bits per heavy atom. The van der Waals surface area contributed by atoms with E-state index in [0.717, 1.165) is 23.4 Å². The number of ether oxygens (including phenoxy) is 1. The van der Waals surface area contributed by atoms with Gasteiger partial charge in [0.25, 0.3) is 0 Å². The normalized spacial score (nSPS) is 16.5. The van der Waals surface area contributed by atoms with Crippen molar-refractivity contribution in [2.75, 3.05) is 18.1 Å². The number of nitrogens with zero attached hydrogens (tertiary/aromatic N) is 1. The van der Waals surface area contributed by atoms with E-state index in [2.05, 4.69) is 0 Å². The van der Waals surface area contributed by atoms with Crippen LogP contribution in [0.1, 0.15) is 32.6 Å². The van der Waals surface area contributed by atoms with Gasteiger partial charge in [0, 0.05) is 11.4 Å². The first-order valence-corrected chi connectivity index (χ1v) is 9.49. The summed E-state index contributed by atoms with van der Waals surface area (Å²) >= 11 is 1.41. The third-order valence-electron chi connectivity index (χ3n) is 3.97. The summed E-state index contributed by atoms with van der Waals surface area (Å²) in [6, 6.07) is 7.69. The van der Waals surface area contributed by atoms with Crippen molar-refractivity contribution < 1.29 is 24.4 Å². The van der Waals surface area contributed by atoms with Gasteiger partial charge in [-0.05, 0) is 31.8 Å². The van der Waals surface area contributed by atoms with Crippen molar-refractivity contribution in [3.05, 3.63) is 24.3 Å². The monoisotopic (exact) mass is 365 g/mol. The van der Waals surface area contributed by atoms with Crippen molar-refractivity contribution in [2.45, 2.75) is 49.1 Å². The Morgan fingerprint density at radius 2 is 2.04 bits per heavy atom. The lowest BCUT2D eigenvalue weighted by Crippen LogP contribution is -2.42. The molecule has 0 spiro atoms. The fourth-order valence-corrected chi connectivity index (χ4v) is 3.99. The molecule has 0 saturated heterocycles. The van der Waals surface area contributed by atoms with Crippen molar-refractivity contribution in [1.82, 2.24) is 0 Å². The zero-order valence-corrected chi connectivity index (χ0v) is 15.2. The highest BCUT2D eigenvalue weighted by Crippen LogP contribution is 2.40. The van der Waals surface area contributed by atoms with E-state index in [1.54, 1.807) is 11.8 Å². The number of amides is 1. The van der Waals surface area contributed by atoms with E-state index >= 15 is 0 Å². The number of anilines is 1. The van der Waals surface area contributed by atoms with Crippen molar-refractivity contribution >= 4 is 36.4 Å². The summed E-state index contributed by atoms with van der Waals surface area (Å²) in [5.74, 6) is -0.427. The topological polar surface area (TPSA) is 87.1 Å². The van der Waals surface area contributed by atoms with Crippen LogP contribution in [0.15, 0.2) is 29.2 Å². The highest BCUT2D eigenvalue weighted by atomic mass is 32.2. The number of thioether (sulfide) groups is 1. The molecule has 8 heteroatoms. The average molecular weight is 365 g/mol. The van der Waals surface area contributed by atoms with Gasteiger partial charge in [-0.3, -0.25) is 9.59 Å². The molecule has 1 aliphatic rings. The molecule has 0 radical (unpaired) electrons. The van der Waals surface area contributed by atoms with Crippen LogP contribution in [-0.2, 0) is 14.3 Å². The number of para-hydroxylation sites is 1. The molecule has 6 nitrogen and oxygen atoms in total. The smallest absolute Gasteiger partial charge is 0.451 e. The van der Waals surface area contributed by atoms with E-state index in [0.29, 0.717) is 25.9 Å². The molecule has 1 amide bonds. The van der Waals surface area contributed by atoms with E-state index in [9.17, 15) is 9.59 Å². The molecule has 0 bridgehead atoms. The van der Waals surface area contributed by atoms with Crippen molar-refractivity contribution in [3.63, 3.8) is 0 Å². The molecule has 25 heavy (non-hydrogen) atoms. The van der Waals surface area contributed by atoms with Crippen LogP contribution in [-0.4, -0.2) is 47.4 Å². The predicted octanol–water partition coefficient (Wildman–Crippen LogP) is 2.09. The van der Waals surface area contributed by atoms with Crippen LogP contribution in [0.5, 0.6) is 0 Å². The van der Waals surface area contributed by atoms with Gasteiger partial charge in [0.05, 0.1) is 24.0 Å². The quantitative estimate of drug-likeness (QED) is 0.396. The van der Waals surface area contributed by atoms with Gasteiger partial charge in [-0.2, -0.15) is 0 Å². The van der Waals surface area contributed by atoms with Gasteiger partial charge in [0.15, 0.2) is 0 Å². The minimum Gasteiger partial charge on any atom is -0.466 e. The lowest BCUT2D eigenvalue weighted by atomic mass is 9.83. The van der Waals surface area contributed by atoms with Crippen molar-refractivity contribution in [3.8, 4) is 0 Å². The molecule has 1 aliphatic heterocycles. The molecular weight excluding hydrogens is 341 g/mol. The zero-order valence-electron chi connectivity index (χ0n) is 14.4. The van der Waals surface area contributed by atoms with Gasteiger partial charge < -0.3 is 19.7 Å². The summed E-state index contributed by atoms with van der Waals surface area (Å²) < 4.78 is 4.98. The Kier molecular flexibility index (Phi) is 7.80. The summed E-state index contributed by atoms with van der Waals surface area (Å²) in [6.45, 7) is 2.61. The number of esters is 1. The van der Waals surface area contributed by atoms with Gasteiger partial charge in [-0.1, -0.05) is 25.0 Å². The summed E-state index contributed by atoms with van der Waals surface area (Å²) in [4.78, 5) is 27.3. The number of fused-ring (bicyclic) bond motifs is 1. The fraction of sp³-hybridized carbons (Fsp3) is 0.529. The van der Waals surface area contributed by atoms with Crippen LogP contribution in [0.25, 0.3) is 0 Å². The fourth-order valence-electron chi connectivity index (χ4n) is 2.78. The zero-order chi connectivity index (χ0) is 18.2. The standard InChI is InChI=1S/C17H24BNO5S/c1-2-24-16(20)12-15-17(21)19(11-7-3-6-10-18(22)23)13-8-4-5-9-14(13)25-15/h4-5,8-9,15,22-23H,2-3,6-7,10-12H2,1H3. The van der Waals surface area contributed by atoms with Gasteiger partial charge in [-0.15, -0.1) is 11.8 Å². The second-order valence-corrected chi connectivity index (χ2v) is 7.15. The van der Waals surface area contributed by atoms with E-state index in [-0.39, 0.29) is 18.3 Å². The van der Waals surface area contributed by atoms with E-state index < -0.39 is 12.4 Å². The Bertz CT molecular complexity index is 598. The Balaban J connectivity index is 2.02. The first-order chi connectivity index (χ1) is 12.0. The lowest BCUT2D eigenvalue weighted by Gasteiger charge is -2.33. The third-order valence-corrected chi connectivity index (χ3v) is 5.22. The second-order valence-electron chi connectivity index (χ2n) is 5.90. The van der Waals surface area contributed by atoms with Crippen LogP contribution in [0, 0.1) is 0 Å². The minimum atomic E-state index is -1.28. The second kappa shape index (κ2) is 9.84. The summed E-state index contributed by atoms with van der Waals surface area (Å²) in [5, 5.41) is 17.3. The number of hydrogen-bond acceptors (Lipinski definition) is 6. The maximum atomic E-state index is 12.8. The molecule has 1 aromatic carbocycles. The first kappa shape index (κ1) is 19.8. The molecule has 0 fully saturated rings. The lowest BCUT2D eigenvalue weighted by molar-refractivity contribution is -0.144. The van der Waals surface area contributed by atoms with Crippen molar-refractivity contribution in [1.29, 1.82) is 0 Å². The first-order valence-electron chi connectivity index (χ1n) is 8.61. The maximum Gasteiger partial charge on any atom is 0.451 e. The van der Waals surface area contributed by atoms with E-state index in [4.69, 9.17) is 14.8 Å². The molecule has 0 aromatic heterocycles. The average Bonchev–Trinajstić information content (AvgIpc) is 2.57. The summed E-state index contributed by atoms with van der Waals surface area (Å²) in [7, 11) is -1.28. The Hall–Kier alpha value is -1.51. The van der Waals surface area contributed by atoms with Gasteiger partial charge >= 0.3 is 13.1 Å². The molecule has 1 unspecified atom stereocenters. The Labute approximate surface area is 152 Å². The molecule has 0 aliphatic carbocycles. The predicted molar refractivity (Wildman–Crippen MR) is 98.5 cm³/mol. The molecule has 2 N–H and O–H groups in total. The minimum absolute atomic E-state index is 0.0683. The largest absolute Gasteiger partial charge is 0.466 e. The summed E-state index contributed by atoms with van der Waals surface area (Å²) in [5.41, 5.74) is 0.875. The Morgan fingerprint density at radius 1 is 1.28 bits per heavy atom. The molecule has 2 rings (SSSR count). The van der Waals surface area contributed by atoms with Crippen LogP contribution in [0.2, 0.25) is 6.32 Å². The SMILES string of the molecule is CCOC(=O)CC1Sc2ccccc2N(CCCCCB(O)O)C1=O. The third kappa shape index (κ3) is 5.76. The molecule has 1 atom stereocenters. The molecule has 1 heterocycles. The van der Waals surface area contributed by atoms with E-state index in [1.165, 1.54) is 11.8 Å². The number of rotatable bonds is 9. The number of unbranched alkanes of at least 4 members (excludes halogenated alkanes) is 2. The van der Waals surface area contributed by atoms with Crippen LogP contribution < -0.4 is 4.90 Å². The maximum absolute atomic E-state index is 12.8. The van der Waals surface area contributed by atoms with Gasteiger partial charge in [0.1, 0.15) is 0 Å². The molecule has 1 aromatic rings. The number of benzene rings is 1. The molecule has 0 saturated carbocycles. The van der Waals surface area contributed by atoms with Crippen LogP contribution >= 0.6 is 11.8 Å². The van der Waals surface area contributed by atoms with Crippen molar-refractivity contribution in [2.24, 2.45) is 0 Å². The van der Waals surface area contributed by atoms with E-state index in [1.807, 2.05) is 24.3 Å².